The summed E-state index contributed by atoms with van der Waals surface area (Å²) in [5.41, 5.74) is 0. The predicted molar refractivity (Wildman–Crippen MR) is 54.4 cm³/mol. The molecule has 0 saturated carbocycles. The third kappa shape index (κ3) is 4.33. The Kier molecular flexibility index (Phi) is 4.93. The van der Waals surface area contributed by atoms with E-state index in [9.17, 15) is 0 Å². The van der Waals surface area contributed by atoms with Crippen LogP contribution < -0.4 is 0 Å². The Morgan fingerprint density at radius 1 is 1.15 bits per heavy atom. The van der Waals surface area contributed by atoms with Crippen LogP contribution in [-0.2, 0) is 6.42 Å². The highest BCUT2D eigenvalue weighted by Crippen LogP contribution is 2.06. The topological polar surface area (TPSA) is 46.0 Å². The number of aryl methyl sites for hydroxylation is 1. The summed E-state index contributed by atoms with van der Waals surface area (Å²) in [6, 6.07) is 0. The van der Waals surface area contributed by atoms with Crippen molar-refractivity contribution in [1.82, 2.24) is 9.97 Å². The van der Waals surface area contributed by atoms with Crippen LogP contribution in [0.3, 0.4) is 0 Å². The molecule has 0 radical (unpaired) electrons. The average Bonchev–Trinajstić information content (AvgIpc) is 2.15. The van der Waals surface area contributed by atoms with Crippen molar-refractivity contribution in [3.8, 4) is 0 Å². The first-order chi connectivity index (χ1) is 6.33. The van der Waals surface area contributed by atoms with E-state index in [0.717, 1.165) is 36.0 Å². The highest BCUT2D eigenvalue weighted by atomic mass is 79.9. The Labute approximate surface area is 86.4 Å². The first-order valence-electron chi connectivity index (χ1n) is 4.40. The number of aliphatic hydroxyl groups excluding tert-OH is 1. The van der Waals surface area contributed by atoms with E-state index in [1.165, 1.54) is 0 Å². The number of hydrogen-bond acceptors (Lipinski definition) is 3. The van der Waals surface area contributed by atoms with Crippen molar-refractivity contribution < 1.29 is 5.11 Å². The third-order valence-corrected chi connectivity index (χ3v) is 2.14. The quantitative estimate of drug-likeness (QED) is 0.806. The Bertz CT molecular complexity index is 238. The number of aromatic nitrogens is 2. The molecule has 1 rings (SSSR count). The Morgan fingerprint density at radius 2 is 1.85 bits per heavy atom. The molecule has 1 heterocycles. The molecule has 13 heavy (non-hydrogen) atoms. The molecule has 3 nitrogen and oxygen atoms in total. The number of halogens is 1. The SMILES string of the molecule is OCCCCCc1ncc(Br)cn1. The first kappa shape index (κ1) is 10.6. The molecule has 0 unspecified atom stereocenters. The van der Waals surface area contributed by atoms with Crippen molar-refractivity contribution in [1.29, 1.82) is 0 Å². The van der Waals surface area contributed by atoms with Gasteiger partial charge in [-0.3, -0.25) is 0 Å². The van der Waals surface area contributed by atoms with Crippen LogP contribution in [0.5, 0.6) is 0 Å². The standard InChI is InChI=1S/C9H13BrN2O/c10-8-6-11-9(12-7-8)4-2-1-3-5-13/h6-7,13H,1-5H2. The lowest BCUT2D eigenvalue weighted by molar-refractivity contribution is 0.283. The number of nitrogens with zero attached hydrogens (tertiary/aromatic N) is 2. The number of hydrogen-bond donors (Lipinski definition) is 1. The van der Waals surface area contributed by atoms with Gasteiger partial charge < -0.3 is 5.11 Å². The maximum Gasteiger partial charge on any atom is 0.128 e. The van der Waals surface area contributed by atoms with E-state index in [0.29, 0.717) is 0 Å². The minimum atomic E-state index is 0.279. The molecule has 0 amide bonds. The molecule has 1 aromatic rings. The largest absolute Gasteiger partial charge is 0.396 e. The molecule has 1 N–H and O–H groups in total. The lowest BCUT2D eigenvalue weighted by Crippen LogP contribution is -1.94. The van der Waals surface area contributed by atoms with Gasteiger partial charge in [-0.15, -0.1) is 0 Å². The molecular weight excluding hydrogens is 232 g/mol. The van der Waals surface area contributed by atoms with Crippen LogP contribution in [0.4, 0.5) is 0 Å². The van der Waals surface area contributed by atoms with E-state index >= 15 is 0 Å². The van der Waals surface area contributed by atoms with Gasteiger partial charge in [-0.05, 0) is 28.8 Å². The minimum absolute atomic E-state index is 0.279. The van der Waals surface area contributed by atoms with Gasteiger partial charge in [0.15, 0.2) is 0 Å². The molecule has 72 valence electrons. The van der Waals surface area contributed by atoms with E-state index in [1.807, 2.05) is 0 Å². The van der Waals surface area contributed by atoms with E-state index in [-0.39, 0.29) is 6.61 Å². The summed E-state index contributed by atoms with van der Waals surface area (Å²) < 4.78 is 0.909. The second-order valence-corrected chi connectivity index (χ2v) is 3.77. The Balaban J connectivity index is 2.25. The monoisotopic (exact) mass is 244 g/mol. The number of aliphatic hydroxyl groups is 1. The molecule has 0 aliphatic rings. The summed E-state index contributed by atoms with van der Waals surface area (Å²) in [5.74, 6) is 0.876. The number of rotatable bonds is 5. The smallest absolute Gasteiger partial charge is 0.128 e. The summed E-state index contributed by atoms with van der Waals surface area (Å²) in [7, 11) is 0. The number of unbranched alkanes of at least 4 members (excludes halogenated alkanes) is 2. The molecule has 0 saturated heterocycles. The zero-order valence-electron chi connectivity index (χ0n) is 7.41. The molecule has 0 aliphatic carbocycles. The first-order valence-corrected chi connectivity index (χ1v) is 5.19. The maximum absolute atomic E-state index is 8.56. The van der Waals surface area contributed by atoms with Gasteiger partial charge in [0.05, 0.1) is 4.47 Å². The van der Waals surface area contributed by atoms with Crippen LogP contribution in [0.1, 0.15) is 25.1 Å². The lowest BCUT2D eigenvalue weighted by atomic mass is 10.2. The fourth-order valence-corrected chi connectivity index (χ4v) is 1.24. The molecule has 0 bridgehead atoms. The highest BCUT2D eigenvalue weighted by molar-refractivity contribution is 9.10. The van der Waals surface area contributed by atoms with E-state index in [4.69, 9.17) is 5.11 Å². The van der Waals surface area contributed by atoms with Gasteiger partial charge >= 0.3 is 0 Å². The summed E-state index contributed by atoms with van der Waals surface area (Å²) >= 11 is 3.28. The summed E-state index contributed by atoms with van der Waals surface area (Å²) in [6.45, 7) is 0.279. The van der Waals surface area contributed by atoms with Crippen molar-refractivity contribution >= 4 is 15.9 Å². The Hall–Kier alpha value is -0.480. The fourth-order valence-electron chi connectivity index (χ4n) is 1.04. The van der Waals surface area contributed by atoms with Gasteiger partial charge in [-0.1, -0.05) is 6.42 Å². The molecule has 0 fully saturated rings. The molecule has 0 aromatic carbocycles. The van der Waals surface area contributed by atoms with E-state index in [2.05, 4.69) is 25.9 Å². The van der Waals surface area contributed by atoms with Crippen molar-refractivity contribution in [3.63, 3.8) is 0 Å². The fraction of sp³-hybridized carbons (Fsp3) is 0.556. The second kappa shape index (κ2) is 6.05. The predicted octanol–water partition coefficient (Wildman–Crippen LogP) is 1.94. The lowest BCUT2D eigenvalue weighted by Gasteiger charge is -1.98. The minimum Gasteiger partial charge on any atom is -0.396 e. The van der Waals surface area contributed by atoms with Crippen molar-refractivity contribution in [3.05, 3.63) is 22.7 Å². The normalized spacial score (nSPS) is 10.3. The van der Waals surface area contributed by atoms with Crippen LogP contribution in [-0.4, -0.2) is 21.7 Å². The van der Waals surface area contributed by atoms with Gasteiger partial charge in [0.25, 0.3) is 0 Å². The summed E-state index contributed by atoms with van der Waals surface area (Å²) in [5, 5.41) is 8.56. The molecule has 4 heteroatoms. The van der Waals surface area contributed by atoms with Crippen LogP contribution >= 0.6 is 15.9 Å². The zero-order chi connectivity index (χ0) is 9.52. The molecule has 0 atom stereocenters. The van der Waals surface area contributed by atoms with Crippen LogP contribution in [0, 0.1) is 0 Å². The molecular formula is C9H13BrN2O. The van der Waals surface area contributed by atoms with Gasteiger partial charge in [0.2, 0.25) is 0 Å². The van der Waals surface area contributed by atoms with Gasteiger partial charge in [0.1, 0.15) is 5.82 Å². The molecule has 1 aromatic heterocycles. The van der Waals surface area contributed by atoms with Crippen molar-refractivity contribution in [2.45, 2.75) is 25.7 Å². The van der Waals surface area contributed by atoms with Gasteiger partial charge in [0, 0.05) is 25.4 Å². The molecule has 0 spiro atoms. The third-order valence-electron chi connectivity index (χ3n) is 1.73. The van der Waals surface area contributed by atoms with Crippen LogP contribution in [0.2, 0.25) is 0 Å². The maximum atomic E-state index is 8.56. The van der Waals surface area contributed by atoms with E-state index in [1.54, 1.807) is 12.4 Å². The van der Waals surface area contributed by atoms with Crippen molar-refractivity contribution in [2.24, 2.45) is 0 Å². The van der Waals surface area contributed by atoms with Gasteiger partial charge in [-0.25, -0.2) is 9.97 Å². The van der Waals surface area contributed by atoms with Crippen LogP contribution in [0.15, 0.2) is 16.9 Å². The average molecular weight is 245 g/mol. The van der Waals surface area contributed by atoms with Crippen LogP contribution in [0.25, 0.3) is 0 Å². The van der Waals surface area contributed by atoms with Crippen molar-refractivity contribution in [2.75, 3.05) is 6.61 Å². The summed E-state index contributed by atoms with van der Waals surface area (Å²) in [4.78, 5) is 8.31. The Morgan fingerprint density at radius 3 is 2.46 bits per heavy atom. The van der Waals surface area contributed by atoms with E-state index < -0.39 is 0 Å². The highest BCUT2D eigenvalue weighted by Gasteiger charge is 1.95. The zero-order valence-corrected chi connectivity index (χ0v) is 9.00. The molecule has 0 aliphatic heterocycles. The summed E-state index contributed by atoms with van der Waals surface area (Å²) in [6.07, 6.45) is 7.37. The van der Waals surface area contributed by atoms with Gasteiger partial charge in [-0.2, -0.15) is 0 Å². The second-order valence-electron chi connectivity index (χ2n) is 2.85.